The van der Waals surface area contributed by atoms with Crippen LogP contribution in [0.5, 0.6) is 0 Å². The van der Waals surface area contributed by atoms with Gasteiger partial charge in [-0.1, -0.05) is 23.7 Å². The molecule has 2 amide bonds. The van der Waals surface area contributed by atoms with E-state index in [0.717, 1.165) is 10.2 Å². The molecule has 1 N–H and O–H groups in total. The summed E-state index contributed by atoms with van der Waals surface area (Å²) in [4.78, 5) is 39.4. The molecular formula is C24H20ClN5O4. The maximum atomic E-state index is 12.8. The van der Waals surface area contributed by atoms with Gasteiger partial charge in [0.2, 0.25) is 5.91 Å². The van der Waals surface area contributed by atoms with Crippen molar-refractivity contribution in [1.82, 2.24) is 14.7 Å². The molecule has 9 nitrogen and oxygen atoms in total. The summed E-state index contributed by atoms with van der Waals surface area (Å²) in [6.45, 7) is 1.46. The first kappa shape index (κ1) is 23.2. The van der Waals surface area contributed by atoms with E-state index >= 15 is 0 Å². The molecule has 2 aromatic carbocycles. The third-order valence-electron chi connectivity index (χ3n) is 5.19. The number of amides is 2. The van der Waals surface area contributed by atoms with E-state index in [9.17, 15) is 19.6 Å². The number of benzene rings is 2. The van der Waals surface area contributed by atoms with Crippen molar-refractivity contribution in [1.29, 1.82) is 5.26 Å². The van der Waals surface area contributed by atoms with Crippen LogP contribution in [0.4, 0.5) is 5.69 Å². The number of nitrogens with one attached hydrogen (secondary N) is 1. The van der Waals surface area contributed by atoms with Crippen LogP contribution in [0, 0.1) is 11.3 Å². The number of aromatic nitrogens is 2. The van der Waals surface area contributed by atoms with Gasteiger partial charge in [0.25, 0.3) is 11.5 Å². The first-order valence-electron chi connectivity index (χ1n) is 10.5. The van der Waals surface area contributed by atoms with E-state index < -0.39 is 11.5 Å². The van der Waals surface area contributed by atoms with E-state index in [2.05, 4.69) is 10.4 Å². The lowest BCUT2D eigenvalue weighted by molar-refractivity contribution is -0.117. The van der Waals surface area contributed by atoms with Crippen molar-refractivity contribution >= 4 is 29.1 Å². The van der Waals surface area contributed by atoms with Gasteiger partial charge >= 0.3 is 0 Å². The molecule has 0 saturated carbocycles. The average Bonchev–Trinajstić information content (AvgIpc) is 2.85. The summed E-state index contributed by atoms with van der Waals surface area (Å²) in [6, 6.07) is 16.3. The number of hydrogen-bond donors (Lipinski definition) is 1. The smallest absolute Gasteiger partial charge is 0.267 e. The number of hydrogen-bond acceptors (Lipinski definition) is 6. The van der Waals surface area contributed by atoms with Gasteiger partial charge in [-0.05, 0) is 36.4 Å². The van der Waals surface area contributed by atoms with Gasteiger partial charge in [0.15, 0.2) is 0 Å². The second kappa shape index (κ2) is 10.3. The predicted octanol–water partition coefficient (Wildman–Crippen LogP) is 2.55. The Morgan fingerprint density at radius 2 is 1.82 bits per heavy atom. The molecule has 172 valence electrons. The quantitative estimate of drug-likeness (QED) is 0.603. The van der Waals surface area contributed by atoms with E-state index in [1.807, 2.05) is 6.07 Å². The summed E-state index contributed by atoms with van der Waals surface area (Å²) < 4.78 is 6.32. The van der Waals surface area contributed by atoms with E-state index in [0.29, 0.717) is 37.0 Å². The van der Waals surface area contributed by atoms with Crippen molar-refractivity contribution in [2.24, 2.45) is 0 Å². The van der Waals surface area contributed by atoms with Crippen LogP contribution in [-0.4, -0.2) is 52.8 Å². The second-order valence-corrected chi connectivity index (χ2v) is 8.02. The van der Waals surface area contributed by atoms with Crippen molar-refractivity contribution < 1.29 is 14.3 Å². The van der Waals surface area contributed by atoms with Gasteiger partial charge < -0.3 is 15.0 Å². The lowest BCUT2D eigenvalue weighted by atomic mass is 10.1. The number of morpholine rings is 1. The Morgan fingerprint density at radius 1 is 1.09 bits per heavy atom. The zero-order valence-electron chi connectivity index (χ0n) is 18.0. The summed E-state index contributed by atoms with van der Waals surface area (Å²) >= 11 is 5.92. The number of ether oxygens (including phenoxy) is 1. The van der Waals surface area contributed by atoms with Crippen LogP contribution < -0.4 is 10.9 Å². The van der Waals surface area contributed by atoms with Crippen molar-refractivity contribution in [3.05, 3.63) is 81.1 Å². The van der Waals surface area contributed by atoms with Gasteiger partial charge in [-0.2, -0.15) is 10.4 Å². The summed E-state index contributed by atoms with van der Waals surface area (Å²) in [5, 5.41) is 16.9. The van der Waals surface area contributed by atoms with Crippen LogP contribution in [0.1, 0.15) is 15.9 Å². The lowest BCUT2D eigenvalue weighted by Crippen LogP contribution is -2.40. The molecule has 10 heteroatoms. The third kappa shape index (κ3) is 5.49. The van der Waals surface area contributed by atoms with Gasteiger partial charge in [-0.15, -0.1) is 0 Å². The van der Waals surface area contributed by atoms with Crippen molar-refractivity contribution in [3.63, 3.8) is 0 Å². The van der Waals surface area contributed by atoms with Crippen LogP contribution in [0.2, 0.25) is 5.02 Å². The molecule has 0 radical (unpaired) electrons. The highest BCUT2D eigenvalue weighted by Gasteiger charge is 2.20. The monoisotopic (exact) mass is 477 g/mol. The number of carbonyl (C=O) groups is 2. The average molecular weight is 478 g/mol. The minimum absolute atomic E-state index is 0.231. The van der Waals surface area contributed by atoms with E-state index in [1.165, 1.54) is 24.3 Å². The molecule has 1 aromatic heterocycles. The summed E-state index contributed by atoms with van der Waals surface area (Å²) in [5.74, 6) is -0.771. The first-order valence-corrected chi connectivity index (χ1v) is 10.9. The highest BCUT2D eigenvalue weighted by molar-refractivity contribution is 6.30. The van der Waals surface area contributed by atoms with E-state index in [4.69, 9.17) is 16.3 Å². The Morgan fingerprint density at radius 3 is 2.53 bits per heavy atom. The van der Waals surface area contributed by atoms with Crippen molar-refractivity contribution in [2.45, 2.75) is 6.54 Å². The van der Waals surface area contributed by atoms with Crippen molar-refractivity contribution in [2.75, 3.05) is 31.6 Å². The third-order valence-corrected chi connectivity index (χ3v) is 5.44. The van der Waals surface area contributed by atoms with Gasteiger partial charge in [0.1, 0.15) is 6.54 Å². The maximum Gasteiger partial charge on any atom is 0.267 e. The van der Waals surface area contributed by atoms with Crippen LogP contribution >= 0.6 is 11.6 Å². The zero-order valence-corrected chi connectivity index (χ0v) is 18.8. The normalized spacial score (nSPS) is 13.2. The first-order chi connectivity index (χ1) is 16.4. The Hall–Kier alpha value is -4.00. The number of nitrogens with zero attached hydrogens (tertiary/aromatic N) is 4. The number of carbonyl (C=O) groups excluding carboxylic acids is 2. The molecule has 1 aliphatic rings. The highest BCUT2D eigenvalue weighted by Crippen LogP contribution is 2.19. The lowest BCUT2D eigenvalue weighted by Gasteiger charge is -2.27. The number of rotatable bonds is 5. The van der Waals surface area contributed by atoms with Crippen LogP contribution in [0.15, 0.2) is 59.4 Å². The Labute approximate surface area is 200 Å². The molecule has 0 unspecified atom stereocenters. The van der Waals surface area contributed by atoms with Crippen LogP contribution in [-0.2, 0) is 16.1 Å². The Kier molecular flexibility index (Phi) is 7.01. The zero-order chi connectivity index (χ0) is 24.1. The molecule has 0 aliphatic carbocycles. The molecule has 1 saturated heterocycles. The second-order valence-electron chi connectivity index (χ2n) is 7.58. The molecule has 3 aromatic rings. The Balaban J connectivity index is 1.52. The molecule has 2 heterocycles. The minimum atomic E-state index is -0.525. The standard InChI is InChI=1S/C24H20ClN5O4/c25-19-3-1-17(2-4-19)21-5-6-23(32)30(28-21)15-22(31)27-20-12-16(14-26)11-18(13-20)24(33)29-7-9-34-10-8-29/h1-6,11-13H,7-10,15H2,(H,27,31). The number of nitriles is 1. The van der Waals surface area contributed by atoms with E-state index in [1.54, 1.807) is 35.2 Å². The van der Waals surface area contributed by atoms with Gasteiger partial charge in [-0.25, -0.2) is 4.68 Å². The minimum Gasteiger partial charge on any atom is -0.378 e. The maximum absolute atomic E-state index is 12.8. The molecule has 1 aliphatic heterocycles. The molecule has 0 bridgehead atoms. The molecule has 34 heavy (non-hydrogen) atoms. The highest BCUT2D eigenvalue weighted by atomic mass is 35.5. The number of halogens is 1. The van der Waals surface area contributed by atoms with Crippen LogP contribution in [0.25, 0.3) is 11.3 Å². The van der Waals surface area contributed by atoms with E-state index in [-0.39, 0.29) is 29.3 Å². The van der Waals surface area contributed by atoms with Gasteiger partial charge in [0.05, 0.1) is 30.5 Å². The summed E-state index contributed by atoms with van der Waals surface area (Å²) in [6.07, 6.45) is 0. The molecule has 1 fully saturated rings. The fourth-order valence-electron chi connectivity index (χ4n) is 3.51. The van der Waals surface area contributed by atoms with Gasteiger partial charge in [0, 0.05) is 41.0 Å². The molecule has 4 rings (SSSR count). The van der Waals surface area contributed by atoms with Crippen molar-refractivity contribution in [3.8, 4) is 17.3 Å². The van der Waals surface area contributed by atoms with Gasteiger partial charge in [-0.3, -0.25) is 14.4 Å². The summed E-state index contributed by atoms with van der Waals surface area (Å²) in [7, 11) is 0. The predicted molar refractivity (Wildman–Crippen MR) is 125 cm³/mol. The SMILES string of the molecule is N#Cc1cc(NC(=O)Cn2nc(-c3ccc(Cl)cc3)ccc2=O)cc(C(=O)N2CCOCC2)c1. The Bertz CT molecular complexity index is 1320. The van der Waals surface area contributed by atoms with Crippen LogP contribution in [0.3, 0.4) is 0 Å². The topological polar surface area (TPSA) is 117 Å². The fourth-order valence-corrected chi connectivity index (χ4v) is 3.64. The summed E-state index contributed by atoms with van der Waals surface area (Å²) in [5.41, 5.74) is 1.61. The molecule has 0 atom stereocenters. The fraction of sp³-hybridized carbons (Fsp3) is 0.208. The molecular weight excluding hydrogens is 458 g/mol. The number of anilines is 1. The molecule has 0 spiro atoms. The largest absolute Gasteiger partial charge is 0.378 e.